The van der Waals surface area contributed by atoms with E-state index in [1.165, 1.54) is 0 Å². The Kier molecular flexibility index (Phi) is 5.80. The first-order valence-corrected chi connectivity index (χ1v) is 7.03. The molecule has 4 nitrogen and oxygen atoms in total. The van der Waals surface area contributed by atoms with Crippen LogP contribution < -0.4 is 5.73 Å². The number of aryl methyl sites for hydroxylation is 1. The predicted octanol–water partition coefficient (Wildman–Crippen LogP) is 2.88. The Labute approximate surface area is 116 Å². The Bertz CT molecular complexity index is 431. The number of amides is 1. The fourth-order valence-electron chi connectivity index (χ4n) is 2.13. The van der Waals surface area contributed by atoms with Crippen molar-refractivity contribution in [1.29, 1.82) is 0 Å². The quantitative estimate of drug-likeness (QED) is 0.858. The molecule has 1 aromatic heterocycles. The zero-order chi connectivity index (χ0) is 14.4. The lowest BCUT2D eigenvalue weighted by molar-refractivity contribution is 0.0736. The lowest BCUT2D eigenvalue weighted by atomic mass is 10.1. The third kappa shape index (κ3) is 4.23. The van der Waals surface area contributed by atoms with Gasteiger partial charge in [-0.05, 0) is 31.9 Å². The highest BCUT2D eigenvalue weighted by molar-refractivity contribution is 5.95. The Balaban J connectivity index is 2.92. The maximum Gasteiger partial charge on any atom is 0.254 e. The van der Waals surface area contributed by atoms with E-state index in [9.17, 15) is 4.79 Å². The van der Waals surface area contributed by atoms with Crippen molar-refractivity contribution >= 4 is 11.7 Å². The summed E-state index contributed by atoms with van der Waals surface area (Å²) in [5.41, 5.74) is 7.31. The van der Waals surface area contributed by atoms with Crippen LogP contribution in [0, 0.1) is 0 Å². The molecular formula is C15H25N3O. The summed E-state index contributed by atoms with van der Waals surface area (Å²) in [5, 5.41) is 0. The van der Waals surface area contributed by atoms with E-state index in [2.05, 4.69) is 25.8 Å². The highest BCUT2D eigenvalue weighted by atomic mass is 16.2. The molecule has 106 valence electrons. The molecule has 1 unspecified atom stereocenters. The summed E-state index contributed by atoms with van der Waals surface area (Å²) in [6.45, 7) is 6.28. The minimum atomic E-state index is 0.0207. The van der Waals surface area contributed by atoms with Gasteiger partial charge in [-0.25, -0.2) is 4.98 Å². The lowest BCUT2D eigenvalue weighted by Crippen LogP contribution is -2.35. The second-order valence-corrected chi connectivity index (χ2v) is 5.08. The Hall–Kier alpha value is -1.58. The topological polar surface area (TPSA) is 59.2 Å². The van der Waals surface area contributed by atoms with Crippen LogP contribution in [0.2, 0.25) is 0 Å². The summed E-state index contributed by atoms with van der Waals surface area (Å²) in [4.78, 5) is 18.5. The fourth-order valence-corrected chi connectivity index (χ4v) is 2.13. The fraction of sp³-hybridized carbons (Fsp3) is 0.600. The zero-order valence-electron chi connectivity index (χ0n) is 12.4. The monoisotopic (exact) mass is 263 g/mol. The molecule has 2 N–H and O–H groups in total. The Morgan fingerprint density at radius 1 is 1.37 bits per heavy atom. The van der Waals surface area contributed by atoms with Crippen molar-refractivity contribution in [2.24, 2.45) is 0 Å². The third-order valence-corrected chi connectivity index (χ3v) is 3.34. The molecule has 0 aliphatic carbocycles. The molecule has 19 heavy (non-hydrogen) atoms. The van der Waals surface area contributed by atoms with E-state index in [1.54, 1.807) is 11.0 Å². The minimum absolute atomic E-state index is 0.0207. The van der Waals surface area contributed by atoms with Gasteiger partial charge in [0.25, 0.3) is 5.91 Å². The van der Waals surface area contributed by atoms with Crippen LogP contribution >= 0.6 is 0 Å². The second kappa shape index (κ2) is 7.12. The molecule has 1 heterocycles. The minimum Gasteiger partial charge on any atom is -0.384 e. The number of hydrogen-bond donors (Lipinski definition) is 1. The molecule has 4 heteroatoms. The van der Waals surface area contributed by atoms with Gasteiger partial charge in [0.05, 0.1) is 0 Å². The van der Waals surface area contributed by atoms with E-state index in [0.717, 1.165) is 31.4 Å². The van der Waals surface area contributed by atoms with Crippen molar-refractivity contribution < 1.29 is 4.79 Å². The van der Waals surface area contributed by atoms with E-state index < -0.39 is 0 Å². The number of aromatic nitrogens is 1. The number of rotatable bonds is 6. The van der Waals surface area contributed by atoms with Gasteiger partial charge in [0.15, 0.2) is 0 Å². The van der Waals surface area contributed by atoms with Gasteiger partial charge >= 0.3 is 0 Å². The maximum absolute atomic E-state index is 12.4. The summed E-state index contributed by atoms with van der Waals surface area (Å²) in [7, 11) is 1.85. The van der Waals surface area contributed by atoms with Crippen LogP contribution in [0.1, 0.15) is 56.1 Å². The molecule has 0 saturated heterocycles. The van der Waals surface area contributed by atoms with Crippen molar-refractivity contribution in [2.75, 3.05) is 12.8 Å². The van der Waals surface area contributed by atoms with Crippen molar-refractivity contribution in [2.45, 2.75) is 52.5 Å². The summed E-state index contributed by atoms with van der Waals surface area (Å²) in [6, 6.07) is 3.76. The van der Waals surface area contributed by atoms with Crippen molar-refractivity contribution in [3.05, 3.63) is 23.4 Å². The number of nitrogen functional groups attached to an aromatic ring is 1. The van der Waals surface area contributed by atoms with Crippen LogP contribution in [0.5, 0.6) is 0 Å². The van der Waals surface area contributed by atoms with Crippen LogP contribution in [0.25, 0.3) is 0 Å². The Morgan fingerprint density at radius 2 is 2.05 bits per heavy atom. The van der Waals surface area contributed by atoms with Crippen LogP contribution in [0.3, 0.4) is 0 Å². The molecule has 0 aliphatic heterocycles. The van der Waals surface area contributed by atoms with E-state index in [-0.39, 0.29) is 11.9 Å². The Morgan fingerprint density at radius 3 is 2.63 bits per heavy atom. The number of anilines is 1. The molecule has 0 aliphatic rings. The molecule has 1 amide bonds. The molecule has 0 saturated carbocycles. The number of hydrogen-bond acceptors (Lipinski definition) is 3. The van der Waals surface area contributed by atoms with E-state index in [1.807, 2.05) is 13.1 Å². The SMILES string of the molecule is CCCc1cc(C(=O)N(C)C(C)CCC)cc(N)n1. The molecule has 0 fully saturated rings. The second-order valence-electron chi connectivity index (χ2n) is 5.08. The maximum atomic E-state index is 12.4. The highest BCUT2D eigenvalue weighted by Gasteiger charge is 2.18. The first-order valence-electron chi connectivity index (χ1n) is 7.03. The molecule has 0 radical (unpaired) electrons. The van der Waals surface area contributed by atoms with E-state index in [0.29, 0.717) is 11.4 Å². The highest BCUT2D eigenvalue weighted by Crippen LogP contribution is 2.14. The van der Waals surface area contributed by atoms with Crippen molar-refractivity contribution in [3.8, 4) is 0 Å². The van der Waals surface area contributed by atoms with Crippen LogP contribution in [-0.4, -0.2) is 28.9 Å². The average molecular weight is 263 g/mol. The summed E-state index contributed by atoms with van der Waals surface area (Å²) in [6.07, 6.45) is 3.91. The van der Waals surface area contributed by atoms with E-state index >= 15 is 0 Å². The number of nitrogens with zero attached hydrogens (tertiary/aromatic N) is 2. The zero-order valence-corrected chi connectivity index (χ0v) is 12.4. The molecule has 0 aromatic carbocycles. The predicted molar refractivity (Wildman–Crippen MR) is 79.1 cm³/mol. The van der Waals surface area contributed by atoms with Crippen molar-refractivity contribution in [3.63, 3.8) is 0 Å². The van der Waals surface area contributed by atoms with Gasteiger partial charge in [0.1, 0.15) is 5.82 Å². The van der Waals surface area contributed by atoms with Crippen molar-refractivity contribution in [1.82, 2.24) is 9.88 Å². The summed E-state index contributed by atoms with van der Waals surface area (Å²) in [5.74, 6) is 0.443. The summed E-state index contributed by atoms with van der Waals surface area (Å²) >= 11 is 0. The first kappa shape index (κ1) is 15.5. The third-order valence-electron chi connectivity index (χ3n) is 3.34. The van der Waals surface area contributed by atoms with Crippen LogP contribution in [0.15, 0.2) is 12.1 Å². The standard InChI is InChI=1S/C15H25N3O/c1-5-7-11(3)18(4)15(19)12-9-13(8-6-2)17-14(16)10-12/h9-11H,5-8H2,1-4H3,(H2,16,17). The van der Waals surface area contributed by atoms with Gasteiger partial charge in [0, 0.05) is 24.3 Å². The summed E-state index contributed by atoms with van der Waals surface area (Å²) < 4.78 is 0. The normalized spacial score (nSPS) is 12.2. The van der Waals surface area contributed by atoms with Gasteiger partial charge in [-0.15, -0.1) is 0 Å². The van der Waals surface area contributed by atoms with E-state index in [4.69, 9.17) is 5.73 Å². The molecule has 1 atom stereocenters. The smallest absolute Gasteiger partial charge is 0.254 e. The van der Waals surface area contributed by atoms with Gasteiger partial charge in [-0.1, -0.05) is 26.7 Å². The van der Waals surface area contributed by atoms with Gasteiger partial charge in [0.2, 0.25) is 0 Å². The largest absolute Gasteiger partial charge is 0.384 e. The number of carbonyl (C=O) groups is 1. The molecule has 1 rings (SSSR count). The molecule has 1 aromatic rings. The molecule has 0 spiro atoms. The number of carbonyl (C=O) groups excluding carboxylic acids is 1. The van der Waals surface area contributed by atoms with Gasteiger partial charge in [-0.2, -0.15) is 0 Å². The number of nitrogens with two attached hydrogens (primary N) is 1. The van der Waals surface area contributed by atoms with Crippen LogP contribution in [0.4, 0.5) is 5.82 Å². The average Bonchev–Trinajstić information content (AvgIpc) is 2.37. The van der Waals surface area contributed by atoms with Gasteiger partial charge in [-0.3, -0.25) is 4.79 Å². The first-order chi connectivity index (χ1) is 8.99. The lowest BCUT2D eigenvalue weighted by Gasteiger charge is -2.25. The van der Waals surface area contributed by atoms with Crippen LogP contribution in [-0.2, 0) is 6.42 Å². The van der Waals surface area contributed by atoms with Gasteiger partial charge < -0.3 is 10.6 Å². The number of pyridine rings is 1. The molecular weight excluding hydrogens is 238 g/mol. The molecule has 0 bridgehead atoms.